The lowest BCUT2D eigenvalue weighted by Gasteiger charge is -2.39. The number of hydrogen-bond acceptors (Lipinski definition) is 5. The number of ketones is 1. The molecule has 29 heavy (non-hydrogen) atoms. The molecule has 2 bridgehead atoms. The number of nitrogens with zero attached hydrogens (tertiary/aromatic N) is 1. The highest BCUT2D eigenvalue weighted by molar-refractivity contribution is 7.89. The van der Waals surface area contributed by atoms with Crippen LogP contribution in [-0.2, 0) is 14.8 Å². The van der Waals surface area contributed by atoms with E-state index >= 15 is 0 Å². The van der Waals surface area contributed by atoms with E-state index in [-0.39, 0.29) is 28.9 Å². The van der Waals surface area contributed by atoms with Crippen molar-refractivity contribution in [2.75, 3.05) is 18.8 Å². The first-order valence-electron chi connectivity index (χ1n) is 10.4. The molecule has 7 nitrogen and oxygen atoms in total. The number of carbonyl (C=O) groups excluding carboxylic acids is 2. The van der Waals surface area contributed by atoms with Gasteiger partial charge >= 0.3 is 0 Å². The molecule has 4 rings (SSSR count). The molecule has 2 atom stereocenters. The van der Waals surface area contributed by atoms with Crippen LogP contribution in [0.2, 0.25) is 0 Å². The van der Waals surface area contributed by atoms with E-state index in [1.807, 2.05) is 6.92 Å². The SMILES string of the molecule is Cc1ccoc1C(=O)NC1CCN(S(=O)(=O)CC23CCC(CC2=O)C3(C)C)CC1. The molecule has 1 saturated heterocycles. The summed E-state index contributed by atoms with van der Waals surface area (Å²) < 4.78 is 33.1. The zero-order valence-electron chi connectivity index (χ0n) is 17.4. The third kappa shape index (κ3) is 3.24. The summed E-state index contributed by atoms with van der Waals surface area (Å²) in [4.78, 5) is 25.0. The van der Waals surface area contributed by atoms with Crippen molar-refractivity contribution in [3.63, 3.8) is 0 Å². The van der Waals surface area contributed by atoms with Gasteiger partial charge in [-0.2, -0.15) is 0 Å². The van der Waals surface area contributed by atoms with Crippen LogP contribution in [0.15, 0.2) is 16.7 Å². The zero-order chi connectivity index (χ0) is 21.0. The molecule has 2 unspecified atom stereocenters. The largest absolute Gasteiger partial charge is 0.459 e. The first-order valence-corrected chi connectivity index (χ1v) is 12.0. The second kappa shape index (κ2) is 6.94. The van der Waals surface area contributed by atoms with E-state index in [1.165, 1.54) is 10.6 Å². The molecule has 0 radical (unpaired) electrons. The van der Waals surface area contributed by atoms with Crippen molar-refractivity contribution in [1.82, 2.24) is 9.62 Å². The minimum atomic E-state index is -3.54. The van der Waals surface area contributed by atoms with Crippen molar-refractivity contribution in [3.05, 3.63) is 23.7 Å². The van der Waals surface area contributed by atoms with Gasteiger partial charge in [-0.3, -0.25) is 9.59 Å². The lowest BCUT2D eigenvalue weighted by Crippen LogP contribution is -2.51. The van der Waals surface area contributed by atoms with Crippen LogP contribution < -0.4 is 5.32 Å². The molecule has 2 aliphatic carbocycles. The highest BCUT2D eigenvalue weighted by atomic mass is 32.2. The molecule has 1 aromatic heterocycles. The third-order valence-corrected chi connectivity index (χ3v) is 9.83. The first-order chi connectivity index (χ1) is 13.6. The summed E-state index contributed by atoms with van der Waals surface area (Å²) in [6, 6.07) is 1.65. The maximum absolute atomic E-state index is 13.2. The summed E-state index contributed by atoms with van der Waals surface area (Å²) in [7, 11) is -3.54. The number of carbonyl (C=O) groups is 2. The number of piperidine rings is 1. The summed E-state index contributed by atoms with van der Waals surface area (Å²) in [6.45, 7) is 6.65. The number of sulfonamides is 1. The van der Waals surface area contributed by atoms with Gasteiger partial charge in [-0.1, -0.05) is 13.8 Å². The van der Waals surface area contributed by atoms with Crippen LogP contribution >= 0.6 is 0 Å². The lowest BCUT2D eigenvalue weighted by atomic mass is 9.70. The van der Waals surface area contributed by atoms with Gasteiger partial charge in [0.15, 0.2) is 5.76 Å². The summed E-state index contributed by atoms with van der Waals surface area (Å²) >= 11 is 0. The molecule has 0 aromatic carbocycles. The molecule has 160 valence electrons. The van der Waals surface area contributed by atoms with Crippen molar-refractivity contribution in [2.24, 2.45) is 16.7 Å². The average molecular weight is 423 g/mol. The van der Waals surface area contributed by atoms with Gasteiger partial charge in [0, 0.05) is 36.5 Å². The normalized spacial score (nSPS) is 30.0. The maximum Gasteiger partial charge on any atom is 0.287 e. The predicted octanol–water partition coefficient (Wildman–Crippen LogP) is 2.51. The number of aryl methyl sites for hydroxylation is 1. The number of furan rings is 1. The van der Waals surface area contributed by atoms with E-state index in [0.717, 1.165) is 12.0 Å². The fourth-order valence-electron chi connectivity index (χ4n) is 5.65. The fourth-order valence-corrected chi connectivity index (χ4v) is 7.90. The number of hydrogen-bond donors (Lipinski definition) is 1. The summed E-state index contributed by atoms with van der Waals surface area (Å²) in [5, 5.41) is 2.94. The smallest absolute Gasteiger partial charge is 0.287 e. The minimum absolute atomic E-state index is 0.0784. The summed E-state index contributed by atoms with van der Waals surface area (Å²) in [5.74, 6) is 0.389. The Balaban J connectivity index is 1.39. The van der Waals surface area contributed by atoms with Crippen LogP contribution in [0.5, 0.6) is 0 Å². The van der Waals surface area contributed by atoms with Gasteiger partial charge in [-0.25, -0.2) is 12.7 Å². The molecule has 2 heterocycles. The number of rotatable bonds is 5. The lowest BCUT2D eigenvalue weighted by molar-refractivity contribution is -0.128. The molecule has 1 N–H and O–H groups in total. The van der Waals surface area contributed by atoms with Gasteiger partial charge in [0.2, 0.25) is 10.0 Å². The predicted molar refractivity (Wildman–Crippen MR) is 108 cm³/mol. The van der Waals surface area contributed by atoms with E-state index in [0.29, 0.717) is 50.5 Å². The van der Waals surface area contributed by atoms with Crippen molar-refractivity contribution >= 4 is 21.7 Å². The van der Waals surface area contributed by atoms with E-state index < -0.39 is 15.4 Å². The van der Waals surface area contributed by atoms with Gasteiger partial charge in [0.1, 0.15) is 5.78 Å². The van der Waals surface area contributed by atoms with Gasteiger partial charge < -0.3 is 9.73 Å². The molecule has 3 fully saturated rings. The second-order valence-electron chi connectivity index (χ2n) is 9.50. The monoisotopic (exact) mass is 422 g/mol. The summed E-state index contributed by atoms with van der Waals surface area (Å²) in [5.41, 5.74) is -0.219. The molecule has 8 heteroatoms. The highest BCUT2D eigenvalue weighted by Crippen LogP contribution is 2.64. The van der Waals surface area contributed by atoms with Crippen molar-refractivity contribution in [1.29, 1.82) is 0 Å². The second-order valence-corrected chi connectivity index (χ2v) is 11.5. The fraction of sp³-hybridized carbons (Fsp3) is 0.714. The Bertz CT molecular complexity index is 927. The van der Waals surface area contributed by atoms with Gasteiger partial charge in [-0.05, 0) is 50.0 Å². The third-order valence-electron chi connectivity index (χ3n) is 7.82. The van der Waals surface area contributed by atoms with Crippen LogP contribution in [0.25, 0.3) is 0 Å². The quantitative estimate of drug-likeness (QED) is 0.786. The van der Waals surface area contributed by atoms with Crippen LogP contribution in [0.4, 0.5) is 0 Å². The molecule has 3 aliphatic rings. The summed E-state index contributed by atoms with van der Waals surface area (Å²) in [6.07, 6.45) is 4.72. The van der Waals surface area contributed by atoms with Crippen LogP contribution in [0.1, 0.15) is 62.1 Å². The highest BCUT2D eigenvalue weighted by Gasteiger charge is 2.65. The Labute approximate surface area is 172 Å². The topological polar surface area (TPSA) is 96.7 Å². The Hall–Kier alpha value is -1.67. The molecule has 0 spiro atoms. The first kappa shape index (κ1) is 20.6. The molecular formula is C21H30N2O5S. The van der Waals surface area contributed by atoms with Crippen molar-refractivity contribution in [3.8, 4) is 0 Å². The maximum atomic E-state index is 13.2. The van der Waals surface area contributed by atoms with Crippen LogP contribution in [0, 0.1) is 23.7 Å². The molecule has 2 saturated carbocycles. The van der Waals surface area contributed by atoms with Gasteiger partial charge in [-0.15, -0.1) is 0 Å². The van der Waals surface area contributed by atoms with Gasteiger partial charge in [0.25, 0.3) is 5.91 Å². The molecule has 1 aliphatic heterocycles. The Kier molecular flexibility index (Phi) is 4.93. The number of fused-ring (bicyclic) bond motifs is 2. The molecule has 1 aromatic rings. The van der Waals surface area contributed by atoms with E-state index in [1.54, 1.807) is 6.07 Å². The van der Waals surface area contributed by atoms with Crippen LogP contribution in [0.3, 0.4) is 0 Å². The van der Waals surface area contributed by atoms with Crippen LogP contribution in [-0.4, -0.2) is 49.3 Å². The average Bonchev–Trinajstić information content (AvgIpc) is 3.23. The Morgan fingerprint density at radius 1 is 1.28 bits per heavy atom. The molecular weight excluding hydrogens is 392 g/mol. The van der Waals surface area contributed by atoms with E-state index in [2.05, 4.69) is 19.2 Å². The molecule has 1 amide bonds. The van der Waals surface area contributed by atoms with Crippen molar-refractivity contribution < 1.29 is 22.4 Å². The van der Waals surface area contributed by atoms with E-state index in [9.17, 15) is 18.0 Å². The number of amides is 1. The Morgan fingerprint density at radius 3 is 2.48 bits per heavy atom. The number of nitrogens with one attached hydrogen (secondary N) is 1. The van der Waals surface area contributed by atoms with E-state index in [4.69, 9.17) is 4.42 Å². The minimum Gasteiger partial charge on any atom is -0.459 e. The Morgan fingerprint density at radius 2 is 1.97 bits per heavy atom. The van der Waals surface area contributed by atoms with Gasteiger partial charge in [0.05, 0.1) is 12.0 Å². The number of Topliss-reactive ketones (excluding diaryl/α,β-unsaturated/α-hetero) is 1. The zero-order valence-corrected chi connectivity index (χ0v) is 18.2. The standard InChI is InChI=1S/C21H30N2O5S/c1-14-7-11-28-18(14)19(25)22-16-5-9-23(10-6-16)29(26,27)13-21-8-4-15(12-17(21)24)20(21,2)3/h7,11,15-16H,4-6,8-10,12-13H2,1-3H3,(H,22,25). The van der Waals surface area contributed by atoms with Crippen molar-refractivity contribution in [2.45, 2.75) is 58.9 Å².